The smallest absolute Gasteiger partial charge is 0.341 e. The van der Waals surface area contributed by atoms with Gasteiger partial charge in [0.1, 0.15) is 0 Å². The summed E-state index contributed by atoms with van der Waals surface area (Å²) in [6.45, 7) is 1.77. The van der Waals surface area contributed by atoms with Gasteiger partial charge in [0.2, 0.25) is 0 Å². The van der Waals surface area contributed by atoms with Crippen LogP contribution in [0.3, 0.4) is 0 Å². The van der Waals surface area contributed by atoms with Crippen LogP contribution in [0.15, 0.2) is 73.1 Å². The number of rotatable bonds is 6. The van der Waals surface area contributed by atoms with Gasteiger partial charge in [-0.25, -0.2) is 9.59 Å². The van der Waals surface area contributed by atoms with Gasteiger partial charge in [-0.3, -0.25) is 9.48 Å². The van der Waals surface area contributed by atoms with Crippen LogP contribution in [0.5, 0.6) is 0 Å². The number of ether oxygens (including phenoxy) is 1. The summed E-state index contributed by atoms with van der Waals surface area (Å²) in [7, 11) is 0. The molecule has 2 heterocycles. The normalized spacial score (nSPS) is 13.5. The van der Waals surface area contributed by atoms with Crippen molar-refractivity contribution in [2.75, 3.05) is 38.1 Å². The van der Waals surface area contributed by atoms with Crippen molar-refractivity contribution >= 4 is 23.6 Å². The van der Waals surface area contributed by atoms with E-state index in [0.29, 0.717) is 38.3 Å². The van der Waals surface area contributed by atoms with Crippen LogP contribution >= 0.6 is 0 Å². The van der Waals surface area contributed by atoms with E-state index in [9.17, 15) is 14.4 Å². The van der Waals surface area contributed by atoms with Gasteiger partial charge in [-0.15, -0.1) is 0 Å². The lowest BCUT2D eigenvalue weighted by Gasteiger charge is -2.34. The minimum absolute atomic E-state index is 0.202. The van der Waals surface area contributed by atoms with Gasteiger partial charge in [0, 0.05) is 38.1 Å². The highest BCUT2D eigenvalue weighted by Gasteiger charge is 2.25. The zero-order valence-corrected chi connectivity index (χ0v) is 18.1. The third kappa shape index (κ3) is 5.97. The molecule has 1 N–H and O–H groups in total. The van der Waals surface area contributed by atoms with Crippen LogP contribution in [0.1, 0.15) is 15.9 Å². The molecule has 33 heavy (non-hydrogen) atoms. The summed E-state index contributed by atoms with van der Waals surface area (Å²) >= 11 is 0. The monoisotopic (exact) mass is 447 g/mol. The predicted molar refractivity (Wildman–Crippen MR) is 122 cm³/mol. The van der Waals surface area contributed by atoms with Gasteiger partial charge in [0.15, 0.2) is 6.61 Å². The lowest BCUT2D eigenvalue weighted by Crippen LogP contribution is -2.52. The van der Waals surface area contributed by atoms with Gasteiger partial charge < -0.3 is 19.9 Å². The Morgan fingerprint density at radius 2 is 1.52 bits per heavy atom. The van der Waals surface area contributed by atoms with Crippen molar-refractivity contribution in [1.29, 1.82) is 0 Å². The Morgan fingerprint density at radius 1 is 0.879 bits per heavy atom. The van der Waals surface area contributed by atoms with Crippen LogP contribution in [-0.4, -0.2) is 70.3 Å². The first-order chi connectivity index (χ1) is 16.1. The maximum Gasteiger partial charge on any atom is 0.341 e. The van der Waals surface area contributed by atoms with Crippen LogP contribution in [0.2, 0.25) is 0 Å². The fourth-order valence-electron chi connectivity index (χ4n) is 3.51. The number of amides is 3. The van der Waals surface area contributed by atoms with Crippen LogP contribution < -0.4 is 5.32 Å². The molecule has 3 amide bonds. The average molecular weight is 447 g/mol. The Balaban J connectivity index is 1.20. The number of urea groups is 1. The number of hydrogen-bond acceptors (Lipinski definition) is 5. The summed E-state index contributed by atoms with van der Waals surface area (Å²) in [5.74, 6) is -0.883. The standard InChI is InChI=1S/C24H25N5O4/c30-22(27-11-13-28(14-12-27)24(32)26-21-9-5-2-6-10-21)18-33-23(31)20-15-25-29(17-20)16-19-7-3-1-4-8-19/h1-10,15,17H,11-14,16,18H2,(H,26,32). The predicted octanol–water partition coefficient (Wildman–Crippen LogP) is 2.46. The van der Waals surface area contributed by atoms with Gasteiger partial charge in [-0.05, 0) is 17.7 Å². The molecule has 4 rings (SSSR count). The molecule has 0 unspecified atom stereocenters. The minimum Gasteiger partial charge on any atom is -0.452 e. The third-order valence-electron chi connectivity index (χ3n) is 5.33. The molecule has 9 heteroatoms. The van der Waals surface area contributed by atoms with E-state index in [1.807, 2.05) is 60.7 Å². The van der Waals surface area contributed by atoms with Crippen molar-refractivity contribution in [3.05, 3.63) is 84.2 Å². The van der Waals surface area contributed by atoms with Crippen molar-refractivity contribution in [2.45, 2.75) is 6.54 Å². The van der Waals surface area contributed by atoms with E-state index in [0.717, 1.165) is 11.3 Å². The van der Waals surface area contributed by atoms with Crippen molar-refractivity contribution in [3.8, 4) is 0 Å². The van der Waals surface area contributed by atoms with E-state index < -0.39 is 5.97 Å². The lowest BCUT2D eigenvalue weighted by molar-refractivity contribution is -0.135. The highest BCUT2D eigenvalue weighted by atomic mass is 16.5. The Bertz CT molecular complexity index is 1090. The molecule has 0 aliphatic carbocycles. The molecule has 0 spiro atoms. The first kappa shape index (κ1) is 22.1. The lowest BCUT2D eigenvalue weighted by atomic mass is 10.2. The number of anilines is 1. The number of esters is 1. The number of nitrogens with zero attached hydrogens (tertiary/aromatic N) is 4. The molecule has 1 aliphatic rings. The molecule has 0 radical (unpaired) electrons. The molecule has 1 fully saturated rings. The van der Waals surface area contributed by atoms with Crippen molar-refractivity contribution in [2.24, 2.45) is 0 Å². The van der Waals surface area contributed by atoms with Crippen LogP contribution in [0.4, 0.5) is 10.5 Å². The summed E-state index contributed by atoms with van der Waals surface area (Å²) < 4.78 is 6.83. The molecule has 0 saturated carbocycles. The van der Waals surface area contributed by atoms with Crippen molar-refractivity contribution in [1.82, 2.24) is 19.6 Å². The number of carbonyl (C=O) groups excluding carboxylic acids is 3. The highest BCUT2D eigenvalue weighted by Crippen LogP contribution is 2.10. The van der Waals surface area contributed by atoms with E-state index >= 15 is 0 Å². The molecule has 0 atom stereocenters. The molecule has 170 valence electrons. The van der Waals surface area contributed by atoms with Gasteiger partial charge in [0.25, 0.3) is 5.91 Å². The van der Waals surface area contributed by atoms with Gasteiger partial charge in [-0.1, -0.05) is 48.5 Å². The summed E-state index contributed by atoms with van der Waals surface area (Å²) in [6.07, 6.45) is 3.03. The number of aromatic nitrogens is 2. The maximum atomic E-state index is 12.5. The Kier molecular flexibility index (Phi) is 6.99. The Hall–Kier alpha value is -4.14. The fraction of sp³-hybridized carbons (Fsp3) is 0.250. The highest BCUT2D eigenvalue weighted by molar-refractivity contribution is 5.91. The summed E-state index contributed by atoms with van der Waals surface area (Å²) in [5.41, 5.74) is 2.08. The largest absolute Gasteiger partial charge is 0.452 e. The molecule has 0 bridgehead atoms. The van der Waals surface area contributed by atoms with Crippen molar-refractivity contribution in [3.63, 3.8) is 0 Å². The van der Waals surface area contributed by atoms with Gasteiger partial charge >= 0.3 is 12.0 Å². The van der Waals surface area contributed by atoms with Gasteiger partial charge in [0.05, 0.1) is 18.3 Å². The molecule has 1 saturated heterocycles. The number of para-hydroxylation sites is 1. The van der Waals surface area contributed by atoms with E-state index in [1.165, 1.54) is 6.20 Å². The van der Waals surface area contributed by atoms with E-state index in [-0.39, 0.29) is 18.5 Å². The summed E-state index contributed by atoms with van der Waals surface area (Å²) in [5, 5.41) is 7.02. The second-order valence-corrected chi connectivity index (χ2v) is 7.65. The van der Waals surface area contributed by atoms with E-state index in [2.05, 4.69) is 10.4 Å². The SMILES string of the molecule is O=C(OCC(=O)N1CCN(C(=O)Nc2ccccc2)CC1)c1cnn(Cc2ccccc2)c1. The number of piperazine rings is 1. The number of nitrogens with one attached hydrogen (secondary N) is 1. The quantitative estimate of drug-likeness (QED) is 0.586. The number of carbonyl (C=O) groups is 3. The Morgan fingerprint density at radius 3 is 2.21 bits per heavy atom. The molecule has 1 aliphatic heterocycles. The zero-order chi connectivity index (χ0) is 23.0. The molecular formula is C24H25N5O4. The fourth-order valence-corrected chi connectivity index (χ4v) is 3.51. The minimum atomic E-state index is -0.594. The van der Waals surface area contributed by atoms with E-state index in [4.69, 9.17) is 4.74 Å². The molecule has 3 aromatic rings. The zero-order valence-electron chi connectivity index (χ0n) is 18.1. The Labute approximate surface area is 191 Å². The topological polar surface area (TPSA) is 96.8 Å². The van der Waals surface area contributed by atoms with Crippen LogP contribution in [0.25, 0.3) is 0 Å². The molecule has 9 nitrogen and oxygen atoms in total. The second-order valence-electron chi connectivity index (χ2n) is 7.65. The average Bonchev–Trinajstić information content (AvgIpc) is 3.32. The summed E-state index contributed by atoms with van der Waals surface area (Å²) in [4.78, 5) is 40.4. The number of benzene rings is 2. The summed E-state index contributed by atoms with van der Waals surface area (Å²) in [6, 6.07) is 18.8. The first-order valence-electron chi connectivity index (χ1n) is 10.7. The van der Waals surface area contributed by atoms with Crippen molar-refractivity contribution < 1.29 is 19.1 Å². The second kappa shape index (κ2) is 10.4. The first-order valence-corrected chi connectivity index (χ1v) is 10.7. The third-order valence-corrected chi connectivity index (χ3v) is 5.33. The van der Waals surface area contributed by atoms with Gasteiger partial charge in [-0.2, -0.15) is 5.10 Å². The van der Waals surface area contributed by atoms with E-state index in [1.54, 1.807) is 20.7 Å². The molecular weight excluding hydrogens is 422 g/mol. The van der Waals surface area contributed by atoms with Crippen LogP contribution in [-0.2, 0) is 16.1 Å². The van der Waals surface area contributed by atoms with Crippen LogP contribution in [0, 0.1) is 0 Å². The number of hydrogen-bond donors (Lipinski definition) is 1. The maximum absolute atomic E-state index is 12.5. The molecule has 1 aromatic heterocycles. The molecule has 2 aromatic carbocycles.